The molecule has 0 bridgehead atoms. The summed E-state index contributed by atoms with van der Waals surface area (Å²) in [6.07, 6.45) is 4.91. The Morgan fingerprint density at radius 2 is 2.31 bits per heavy atom. The van der Waals surface area contributed by atoms with E-state index >= 15 is 0 Å². The summed E-state index contributed by atoms with van der Waals surface area (Å²) >= 11 is 0. The van der Waals surface area contributed by atoms with E-state index in [1.165, 1.54) is 13.2 Å². The Morgan fingerprint density at radius 1 is 1.54 bits per heavy atom. The van der Waals surface area contributed by atoms with Crippen molar-refractivity contribution in [2.24, 2.45) is 0 Å². The minimum atomic E-state index is -0.347. The van der Waals surface area contributed by atoms with E-state index in [4.69, 9.17) is 0 Å². The van der Waals surface area contributed by atoms with Crippen molar-refractivity contribution in [1.29, 1.82) is 0 Å². The lowest BCUT2D eigenvalue weighted by molar-refractivity contribution is -0.387. The van der Waals surface area contributed by atoms with Crippen molar-refractivity contribution in [2.45, 2.75) is 6.92 Å². The number of hydrogen-bond donors (Lipinski definition) is 0. The number of rotatable bonds is 2. The van der Waals surface area contributed by atoms with E-state index in [9.17, 15) is 4.79 Å². The molecule has 0 unspecified atom stereocenters. The third-order valence-electron chi connectivity index (χ3n) is 1.61. The van der Waals surface area contributed by atoms with Gasteiger partial charge >= 0.3 is 5.97 Å². The lowest BCUT2D eigenvalue weighted by atomic mass is 10.2. The number of aromatic amines is 1. The smallest absolute Gasteiger partial charge is 0.330 e. The quantitative estimate of drug-likeness (QED) is 0.500. The predicted molar refractivity (Wildman–Crippen MR) is 48.8 cm³/mol. The lowest BCUT2D eigenvalue weighted by Crippen LogP contribution is -2.05. The van der Waals surface area contributed by atoms with E-state index < -0.39 is 0 Å². The molecule has 0 spiro atoms. The standard InChI is InChI=1S/C10H11NO2/c1-8-3-4-9(7-11-8)5-6-10(12)13-2/h3-7H,1-2H3/p+1/b6-5+. The van der Waals surface area contributed by atoms with Gasteiger partial charge in [-0.05, 0) is 12.1 Å². The second-order valence-corrected chi connectivity index (χ2v) is 2.66. The molecule has 0 amide bonds. The maximum Gasteiger partial charge on any atom is 0.330 e. The summed E-state index contributed by atoms with van der Waals surface area (Å²) in [6, 6.07) is 3.86. The highest BCUT2D eigenvalue weighted by molar-refractivity contribution is 5.86. The number of H-pyrrole nitrogens is 1. The van der Waals surface area contributed by atoms with Crippen LogP contribution >= 0.6 is 0 Å². The molecule has 0 saturated heterocycles. The van der Waals surface area contributed by atoms with Crippen molar-refractivity contribution >= 4 is 12.0 Å². The first kappa shape index (κ1) is 9.45. The zero-order chi connectivity index (χ0) is 9.68. The van der Waals surface area contributed by atoms with Crippen molar-refractivity contribution in [3.8, 4) is 0 Å². The molecular weight excluding hydrogens is 166 g/mol. The van der Waals surface area contributed by atoms with Gasteiger partial charge in [-0.2, -0.15) is 0 Å². The molecule has 0 aromatic carbocycles. The van der Waals surface area contributed by atoms with Crippen LogP contribution in [0.1, 0.15) is 11.3 Å². The van der Waals surface area contributed by atoms with Crippen molar-refractivity contribution in [2.75, 3.05) is 7.11 Å². The van der Waals surface area contributed by atoms with Crippen LogP contribution in [0.2, 0.25) is 0 Å². The maximum absolute atomic E-state index is 10.7. The number of aryl methyl sites for hydroxylation is 1. The number of methoxy groups -OCH3 is 1. The van der Waals surface area contributed by atoms with Crippen LogP contribution in [0, 0.1) is 6.92 Å². The van der Waals surface area contributed by atoms with Crippen LogP contribution in [-0.2, 0) is 9.53 Å². The van der Waals surface area contributed by atoms with Crippen molar-refractivity contribution < 1.29 is 14.5 Å². The van der Waals surface area contributed by atoms with Crippen molar-refractivity contribution in [1.82, 2.24) is 0 Å². The SMILES string of the molecule is COC(=O)/C=C/c1ccc(C)[nH+]c1. The van der Waals surface area contributed by atoms with E-state index in [2.05, 4.69) is 9.72 Å². The minimum Gasteiger partial charge on any atom is -0.466 e. The van der Waals surface area contributed by atoms with Crippen LogP contribution in [0.3, 0.4) is 0 Å². The molecule has 1 heterocycles. The number of nitrogens with one attached hydrogen (secondary N) is 1. The maximum atomic E-state index is 10.7. The van der Waals surface area contributed by atoms with E-state index in [1.807, 2.05) is 25.3 Å². The summed E-state index contributed by atoms with van der Waals surface area (Å²) in [6.45, 7) is 1.97. The third kappa shape index (κ3) is 3.07. The molecular formula is C10H12NO2+. The van der Waals surface area contributed by atoms with Gasteiger partial charge < -0.3 is 4.74 Å². The molecule has 1 N–H and O–H groups in total. The fourth-order valence-electron chi connectivity index (χ4n) is 0.851. The zero-order valence-corrected chi connectivity index (χ0v) is 7.70. The fraction of sp³-hybridized carbons (Fsp3) is 0.200. The Hall–Kier alpha value is -1.64. The lowest BCUT2D eigenvalue weighted by Gasteiger charge is -1.89. The fourth-order valence-corrected chi connectivity index (χ4v) is 0.851. The van der Waals surface area contributed by atoms with Gasteiger partial charge in [-0.1, -0.05) is 0 Å². The summed E-state index contributed by atoms with van der Waals surface area (Å²) in [5.74, 6) is -0.347. The predicted octanol–water partition coefficient (Wildman–Crippen LogP) is 0.995. The Morgan fingerprint density at radius 3 is 2.85 bits per heavy atom. The van der Waals surface area contributed by atoms with Gasteiger partial charge in [0.15, 0.2) is 11.9 Å². The first-order chi connectivity index (χ1) is 6.22. The molecule has 0 aliphatic rings. The second kappa shape index (κ2) is 4.40. The summed E-state index contributed by atoms with van der Waals surface area (Å²) in [5, 5.41) is 0. The number of carbonyl (C=O) groups is 1. The minimum absolute atomic E-state index is 0.347. The highest BCUT2D eigenvalue weighted by Crippen LogP contribution is 1.98. The van der Waals surface area contributed by atoms with Gasteiger partial charge in [-0.25, -0.2) is 9.78 Å². The Labute approximate surface area is 77.1 Å². The molecule has 0 aliphatic heterocycles. The number of carbonyl (C=O) groups excluding carboxylic acids is 1. The summed E-state index contributed by atoms with van der Waals surface area (Å²) in [5.41, 5.74) is 2.02. The average molecular weight is 178 g/mol. The van der Waals surface area contributed by atoms with Gasteiger partial charge in [0.25, 0.3) is 0 Å². The molecule has 3 nitrogen and oxygen atoms in total. The molecule has 68 valence electrons. The van der Waals surface area contributed by atoms with Gasteiger partial charge in [0.1, 0.15) is 0 Å². The van der Waals surface area contributed by atoms with Crippen molar-refractivity contribution in [3.05, 3.63) is 35.7 Å². The van der Waals surface area contributed by atoms with Gasteiger partial charge in [-0.15, -0.1) is 0 Å². The summed E-state index contributed by atoms with van der Waals surface area (Å²) in [4.78, 5) is 13.8. The largest absolute Gasteiger partial charge is 0.466 e. The number of esters is 1. The first-order valence-corrected chi connectivity index (χ1v) is 3.97. The normalized spacial score (nSPS) is 10.3. The Balaban J connectivity index is 2.69. The molecule has 0 radical (unpaired) electrons. The summed E-state index contributed by atoms with van der Waals surface area (Å²) < 4.78 is 4.46. The molecule has 0 fully saturated rings. The van der Waals surface area contributed by atoms with E-state index in [-0.39, 0.29) is 5.97 Å². The molecule has 13 heavy (non-hydrogen) atoms. The zero-order valence-electron chi connectivity index (χ0n) is 7.70. The first-order valence-electron chi connectivity index (χ1n) is 3.97. The van der Waals surface area contributed by atoms with Gasteiger partial charge in [0, 0.05) is 24.6 Å². The molecule has 0 atom stereocenters. The van der Waals surface area contributed by atoms with Crippen LogP contribution < -0.4 is 4.98 Å². The van der Waals surface area contributed by atoms with Crippen LogP contribution in [0.4, 0.5) is 0 Å². The number of pyridine rings is 1. The van der Waals surface area contributed by atoms with Crippen LogP contribution in [0.15, 0.2) is 24.4 Å². The molecule has 3 heteroatoms. The van der Waals surface area contributed by atoms with Gasteiger partial charge in [0.05, 0.1) is 7.11 Å². The second-order valence-electron chi connectivity index (χ2n) is 2.66. The molecule has 0 aliphatic carbocycles. The van der Waals surface area contributed by atoms with Crippen molar-refractivity contribution in [3.63, 3.8) is 0 Å². The van der Waals surface area contributed by atoms with E-state index in [0.29, 0.717) is 0 Å². The Bertz CT molecular complexity index is 314. The topological polar surface area (TPSA) is 40.4 Å². The highest BCUT2D eigenvalue weighted by Gasteiger charge is 1.95. The van der Waals surface area contributed by atoms with Crippen LogP contribution in [-0.4, -0.2) is 13.1 Å². The molecule has 1 rings (SSSR count). The number of hydrogen-bond acceptors (Lipinski definition) is 2. The van der Waals surface area contributed by atoms with E-state index in [1.54, 1.807) is 6.08 Å². The van der Waals surface area contributed by atoms with E-state index in [0.717, 1.165) is 11.3 Å². The molecule has 0 saturated carbocycles. The molecule has 1 aromatic rings. The van der Waals surface area contributed by atoms with Crippen LogP contribution in [0.5, 0.6) is 0 Å². The highest BCUT2D eigenvalue weighted by atomic mass is 16.5. The summed E-state index contributed by atoms with van der Waals surface area (Å²) in [7, 11) is 1.36. The monoisotopic (exact) mass is 178 g/mol. The Kier molecular flexibility index (Phi) is 3.20. The number of aromatic nitrogens is 1. The number of ether oxygens (including phenoxy) is 1. The van der Waals surface area contributed by atoms with Gasteiger partial charge in [-0.3, -0.25) is 0 Å². The third-order valence-corrected chi connectivity index (χ3v) is 1.61. The molecule has 1 aromatic heterocycles. The van der Waals surface area contributed by atoms with Crippen LogP contribution in [0.25, 0.3) is 6.08 Å². The van der Waals surface area contributed by atoms with Gasteiger partial charge in [0.2, 0.25) is 0 Å². The average Bonchev–Trinajstić information content (AvgIpc) is 2.16.